The summed E-state index contributed by atoms with van der Waals surface area (Å²) in [5.41, 5.74) is 2.82. The van der Waals surface area contributed by atoms with E-state index in [9.17, 15) is 0 Å². The van der Waals surface area contributed by atoms with E-state index in [-0.39, 0.29) is 0 Å². The fourth-order valence-corrected chi connectivity index (χ4v) is 1.37. The number of benzene rings is 2. The predicted molar refractivity (Wildman–Crippen MR) is 68.1 cm³/mol. The summed E-state index contributed by atoms with van der Waals surface area (Å²) < 4.78 is 0. The van der Waals surface area contributed by atoms with Gasteiger partial charge in [0.2, 0.25) is 0 Å². The van der Waals surface area contributed by atoms with E-state index in [0.29, 0.717) is 0 Å². The zero-order chi connectivity index (χ0) is 11.2. The molecule has 0 aliphatic rings. The van der Waals surface area contributed by atoms with Crippen molar-refractivity contribution in [2.24, 2.45) is 4.99 Å². The minimum Gasteiger partial charge on any atom is -0.256 e. The van der Waals surface area contributed by atoms with E-state index >= 15 is 0 Å². The fourth-order valence-electron chi connectivity index (χ4n) is 1.37. The van der Waals surface area contributed by atoms with Crippen molar-refractivity contribution >= 4 is 11.9 Å². The molecule has 0 saturated carbocycles. The first kappa shape index (κ1) is 10.2. The summed E-state index contributed by atoms with van der Waals surface area (Å²) in [7, 11) is 0. The third-order valence-corrected chi connectivity index (χ3v) is 2.17. The van der Waals surface area contributed by atoms with Crippen LogP contribution >= 0.6 is 0 Å². The molecule has 2 rings (SSSR count). The summed E-state index contributed by atoms with van der Waals surface area (Å²) in [4.78, 5) is 4.36. The lowest BCUT2D eigenvalue weighted by molar-refractivity contribution is 1.52. The quantitative estimate of drug-likeness (QED) is 0.526. The van der Waals surface area contributed by atoms with Crippen molar-refractivity contribution < 1.29 is 0 Å². The van der Waals surface area contributed by atoms with Crippen LogP contribution < -0.4 is 0 Å². The second-order valence-corrected chi connectivity index (χ2v) is 3.36. The van der Waals surface area contributed by atoms with Crippen LogP contribution in [-0.4, -0.2) is 6.21 Å². The number of terminal acetylenes is 1. The molecule has 76 valence electrons. The van der Waals surface area contributed by atoms with Gasteiger partial charge in [-0.1, -0.05) is 36.3 Å². The molecule has 2 aromatic rings. The average molecular weight is 205 g/mol. The molecule has 0 atom stereocenters. The third-order valence-electron chi connectivity index (χ3n) is 2.17. The Morgan fingerprint density at radius 2 is 1.81 bits per heavy atom. The molecular weight excluding hydrogens is 194 g/mol. The van der Waals surface area contributed by atoms with Crippen LogP contribution in [0, 0.1) is 12.3 Å². The van der Waals surface area contributed by atoms with E-state index in [0.717, 1.165) is 16.8 Å². The molecule has 0 aliphatic carbocycles. The Labute approximate surface area is 95.5 Å². The molecular formula is C15H11N. The maximum atomic E-state index is 5.33. The highest BCUT2D eigenvalue weighted by Crippen LogP contribution is 2.10. The molecule has 0 N–H and O–H groups in total. The van der Waals surface area contributed by atoms with Gasteiger partial charge < -0.3 is 0 Å². The molecule has 0 heterocycles. The Balaban J connectivity index is 2.21. The van der Waals surface area contributed by atoms with Crippen molar-refractivity contribution in [1.29, 1.82) is 0 Å². The highest BCUT2D eigenvalue weighted by atomic mass is 14.7. The first-order valence-corrected chi connectivity index (χ1v) is 5.04. The number of nitrogens with zero attached hydrogens (tertiary/aromatic N) is 1. The number of hydrogen-bond donors (Lipinski definition) is 0. The van der Waals surface area contributed by atoms with Crippen molar-refractivity contribution in [3.63, 3.8) is 0 Å². The van der Waals surface area contributed by atoms with E-state index in [4.69, 9.17) is 6.42 Å². The molecule has 0 aromatic heterocycles. The lowest BCUT2D eigenvalue weighted by atomic mass is 10.1. The zero-order valence-electron chi connectivity index (χ0n) is 8.80. The number of hydrogen-bond acceptors (Lipinski definition) is 1. The molecule has 0 bridgehead atoms. The predicted octanol–water partition coefficient (Wildman–Crippen LogP) is 3.42. The molecule has 2 aromatic carbocycles. The van der Waals surface area contributed by atoms with Crippen LogP contribution in [0.4, 0.5) is 5.69 Å². The normalized spacial score (nSPS) is 10.2. The van der Waals surface area contributed by atoms with Crippen molar-refractivity contribution in [1.82, 2.24) is 0 Å². The van der Waals surface area contributed by atoms with Gasteiger partial charge in [-0.15, -0.1) is 6.42 Å². The minimum atomic E-state index is 0.872. The maximum absolute atomic E-state index is 5.33. The topological polar surface area (TPSA) is 12.4 Å². The van der Waals surface area contributed by atoms with E-state index in [2.05, 4.69) is 10.9 Å². The lowest BCUT2D eigenvalue weighted by Crippen LogP contribution is -1.81. The molecule has 0 fully saturated rings. The summed E-state index contributed by atoms with van der Waals surface area (Å²) >= 11 is 0. The smallest absolute Gasteiger partial charge is 0.0629 e. The van der Waals surface area contributed by atoms with Gasteiger partial charge in [0.15, 0.2) is 0 Å². The van der Waals surface area contributed by atoms with E-state index in [1.54, 1.807) is 0 Å². The van der Waals surface area contributed by atoms with Gasteiger partial charge in [0.05, 0.1) is 5.69 Å². The van der Waals surface area contributed by atoms with E-state index < -0.39 is 0 Å². The van der Waals surface area contributed by atoms with Gasteiger partial charge >= 0.3 is 0 Å². The number of rotatable bonds is 2. The van der Waals surface area contributed by atoms with Crippen molar-refractivity contribution in [3.05, 3.63) is 65.7 Å². The van der Waals surface area contributed by atoms with Gasteiger partial charge in [0, 0.05) is 11.8 Å². The Kier molecular flexibility index (Phi) is 3.15. The third kappa shape index (κ3) is 2.59. The van der Waals surface area contributed by atoms with Crippen LogP contribution in [0.15, 0.2) is 59.6 Å². The maximum Gasteiger partial charge on any atom is 0.0629 e. The van der Waals surface area contributed by atoms with Gasteiger partial charge in [-0.25, -0.2) is 0 Å². The summed E-state index contributed by atoms with van der Waals surface area (Å²) in [6, 6.07) is 17.6. The molecule has 0 amide bonds. The summed E-state index contributed by atoms with van der Waals surface area (Å²) in [5.74, 6) is 2.60. The molecule has 0 radical (unpaired) electrons. The van der Waals surface area contributed by atoms with Gasteiger partial charge in [-0.3, -0.25) is 4.99 Å². The standard InChI is InChI=1S/C15H11N/c1-2-13-7-6-8-14(11-13)12-16-15-9-4-3-5-10-15/h1,3-12H. The summed E-state index contributed by atoms with van der Waals surface area (Å²) in [6.45, 7) is 0. The minimum absolute atomic E-state index is 0.872. The van der Waals surface area contributed by atoms with Crippen LogP contribution in [-0.2, 0) is 0 Å². The second-order valence-electron chi connectivity index (χ2n) is 3.36. The van der Waals surface area contributed by atoms with Gasteiger partial charge in [0.25, 0.3) is 0 Å². The highest BCUT2D eigenvalue weighted by molar-refractivity contribution is 5.82. The van der Waals surface area contributed by atoms with Crippen molar-refractivity contribution in [2.45, 2.75) is 0 Å². The molecule has 0 aliphatic heterocycles. The Morgan fingerprint density at radius 1 is 1.00 bits per heavy atom. The van der Waals surface area contributed by atoms with Crippen molar-refractivity contribution in [2.75, 3.05) is 0 Å². The van der Waals surface area contributed by atoms with Gasteiger partial charge in [-0.2, -0.15) is 0 Å². The number of aliphatic imine (C=N–C) groups is 1. The average Bonchev–Trinajstić information content (AvgIpc) is 2.38. The molecule has 0 saturated heterocycles. The zero-order valence-corrected chi connectivity index (χ0v) is 8.80. The second kappa shape index (κ2) is 4.95. The Morgan fingerprint density at radius 3 is 2.56 bits per heavy atom. The summed E-state index contributed by atoms with van der Waals surface area (Å²) in [6.07, 6.45) is 7.15. The van der Waals surface area contributed by atoms with Crippen molar-refractivity contribution in [3.8, 4) is 12.3 Å². The molecule has 16 heavy (non-hydrogen) atoms. The lowest BCUT2D eigenvalue weighted by Gasteiger charge is -1.95. The molecule has 1 nitrogen and oxygen atoms in total. The highest BCUT2D eigenvalue weighted by Gasteiger charge is 1.90. The Bertz CT molecular complexity index is 533. The number of para-hydroxylation sites is 1. The molecule has 0 unspecified atom stereocenters. The monoisotopic (exact) mass is 205 g/mol. The van der Waals surface area contributed by atoms with Gasteiger partial charge in [-0.05, 0) is 29.8 Å². The molecule has 0 spiro atoms. The van der Waals surface area contributed by atoms with Crippen LogP contribution in [0.1, 0.15) is 11.1 Å². The fraction of sp³-hybridized carbons (Fsp3) is 0. The largest absolute Gasteiger partial charge is 0.256 e. The van der Waals surface area contributed by atoms with Gasteiger partial charge in [0.1, 0.15) is 0 Å². The first-order chi connectivity index (χ1) is 7.88. The van der Waals surface area contributed by atoms with Crippen LogP contribution in [0.2, 0.25) is 0 Å². The van der Waals surface area contributed by atoms with Crippen LogP contribution in [0.5, 0.6) is 0 Å². The Hall–Kier alpha value is -2.33. The SMILES string of the molecule is C#Cc1cccc(C=Nc2ccccc2)c1. The van der Waals surface area contributed by atoms with E-state index in [1.165, 1.54) is 0 Å². The molecule has 1 heteroatoms. The first-order valence-electron chi connectivity index (χ1n) is 5.04. The van der Waals surface area contributed by atoms with Crippen LogP contribution in [0.25, 0.3) is 0 Å². The van der Waals surface area contributed by atoms with Crippen LogP contribution in [0.3, 0.4) is 0 Å². The van der Waals surface area contributed by atoms with E-state index in [1.807, 2.05) is 60.8 Å². The summed E-state index contributed by atoms with van der Waals surface area (Å²) in [5, 5.41) is 0.